The van der Waals surface area contributed by atoms with Crippen LogP contribution in [0.2, 0.25) is 0 Å². The van der Waals surface area contributed by atoms with Crippen molar-refractivity contribution in [3.05, 3.63) is 16.1 Å². The first-order chi connectivity index (χ1) is 13.3. The Morgan fingerprint density at radius 3 is 2.64 bits per heavy atom. The summed E-state index contributed by atoms with van der Waals surface area (Å²) < 4.78 is 0. The number of amides is 1. The molecule has 1 aromatic rings. The van der Waals surface area contributed by atoms with E-state index in [4.69, 9.17) is 4.98 Å². The minimum absolute atomic E-state index is 0.100. The smallest absolute Gasteiger partial charge is 0.223 e. The van der Waals surface area contributed by atoms with E-state index in [1.165, 1.54) is 0 Å². The highest BCUT2D eigenvalue weighted by atomic mass is 32.1. The maximum absolute atomic E-state index is 12.4. The van der Waals surface area contributed by atoms with Gasteiger partial charge >= 0.3 is 0 Å². The number of hydrogen-bond acceptors (Lipinski definition) is 4. The average Bonchev–Trinajstić information content (AvgIpc) is 3.33. The predicted octanol–water partition coefficient (Wildman–Crippen LogP) is 2.99. The Labute approximate surface area is 173 Å². The molecule has 2 atom stereocenters. The number of aliphatic imine (C=N–C) groups is 1. The minimum Gasteiger partial charge on any atom is -0.356 e. The van der Waals surface area contributed by atoms with Gasteiger partial charge in [0.1, 0.15) is 0 Å². The van der Waals surface area contributed by atoms with E-state index in [1.807, 2.05) is 0 Å². The molecule has 2 unspecified atom stereocenters. The first kappa shape index (κ1) is 21.1. The number of nitrogens with one attached hydrogen (secondary N) is 3. The molecule has 1 aromatic heterocycles. The van der Waals surface area contributed by atoms with Crippen LogP contribution in [0.4, 0.5) is 0 Å². The van der Waals surface area contributed by atoms with Gasteiger partial charge in [-0.1, -0.05) is 27.2 Å². The van der Waals surface area contributed by atoms with Gasteiger partial charge in [0.15, 0.2) is 5.96 Å². The molecule has 0 saturated heterocycles. The highest BCUT2D eigenvalue weighted by Crippen LogP contribution is 2.27. The zero-order valence-electron chi connectivity index (χ0n) is 17.7. The summed E-state index contributed by atoms with van der Waals surface area (Å²) in [4.78, 5) is 21.5. The Morgan fingerprint density at radius 1 is 1.21 bits per heavy atom. The molecule has 1 amide bonds. The summed E-state index contributed by atoms with van der Waals surface area (Å²) in [6, 6.07) is 0.752. The molecule has 1 heterocycles. The third kappa shape index (κ3) is 6.19. The van der Waals surface area contributed by atoms with Crippen LogP contribution in [0, 0.1) is 5.92 Å². The molecule has 2 saturated carbocycles. The van der Waals surface area contributed by atoms with Crippen molar-refractivity contribution in [3.8, 4) is 0 Å². The molecule has 0 radical (unpaired) electrons. The first-order valence-electron chi connectivity index (χ1n) is 10.6. The van der Waals surface area contributed by atoms with Crippen molar-refractivity contribution in [1.29, 1.82) is 0 Å². The topological polar surface area (TPSA) is 78.4 Å². The minimum atomic E-state index is 0.100. The Hall–Kier alpha value is -1.63. The second-order valence-corrected chi connectivity index (χ2v) is 10.1. The molecule has 3 rings (SSSR count). The highest BCUT2D eigenvalue weighted by molar-refractivity contribution is 7.09. The molecule has 156 valence electrons. The molecule has 7 heteroatoms. The Kier molecular flexibility index (Phi) is 6.96. The zero-order chi connectivity index (χ0) is 20.1. The van der Waals surface area contributed by atoms with Crippen molar-refractivity contribution in [1.82, 2.24) is 20.9 Å². The van der Waals surface area contributed by atoms with Crippen LogP contribution in [-0.4, -0.2) is 42.5 Å². The van der Waals surface area contributed by atoms with Crippen LogP contribution in [0.5, 0.6) is 0 Å². The van der Waals surface area contributed by atoms with Crippen molar-refractivity contribution in [2.45, 2.75) is 83.2 Å². The first-order valence-corrected chi connectivity index (χ1v) is 11.5. The maximum Gasteiger partial charge on any atom is 0.223 e. The second-order valence-electron chi connectivity index (χ2n) is 9.11. The fourth-order valence-electron chi connectivity index (χ4n) is 3.55. The van der Waals surface area contributed by atoms with E-state index in [0.29, 0.717) is 12.1 Å². The van der Waals surface area contributed by atoms with Gasteiger partial charge in [-0.3, -0.25) is 9.79 Å². The number of rotatable bonds is 6. The summed E-state index contributed by atoms with van der Waals surface area (Å²) in [6.07, 6.45) is 7.25. The van der Waals surface area contributed by atoms with Crippen LogP contribution in [0.15, 0.2) is 10.4 Å². The molecule has 3 N–H and O–H groups in total. The zero-order valence-corrected chi connectivity index (χ0v) is 18.5. The summed E-state index contributed by atoms with van der Waals surface area (Å²) in [5, 5.41) is 13.4. The molecule has 0 spiro atoms. The Bertz CT molecular complexity index is 689. The lowest BCUT2D eigenvalue weighted by molar-refractivity contribution is -0.126. The summed E-state index contributed by atoms with van der Waals surface area (Å²) in [5.41, 5.74) is 1.26. The average molecular weight is 406 g/mol. The van der Waals surface area contributed by atoms with Crippen molar-refractivity contribution < 1.29 is 4.79 Å². The second kappa shape index (κ2) is 9.25. The van der Waals surface area contributed by atoms with Crippen LogP contribution >= 0.6 is 11.3 Å². The van der Waals surface area contributed by atoms with E-state index in [-0.39, 0.29) is 17.2 Å². The maximum atomic E-state index is 12.4. The van der Waals surface area contributed by atoms with Crippen LogP contribution in [0.25, 0.3) is 0 Å². The van der Waals surface area contributed by atoms with E-state index in [2.05, 4.69) is 47.1 Å². The van der Waals surface area contributed by atoms with Gasteiger partial charge in [-0.15, -0.1) is 11.3 Å². The van der Waals surface area contributed by atoms with Gasteiger partial charge in [0, 0.05) is 48.8 Å². The number of nitrogens with zero attached hydrogens (tertiary/aromatic N) is 2. The molecule has 0 bridgehead atoms. The van der Waals surface area contributed by atoms with E-state index in [0.717, 1.165) is 68.2 Å². The van der Waals surface area contributed by atoms with E-state index in [1.54, 1.807) is 18.4 Å². The molecule has 2 aliphatic carbocycles. The normalized spacial score (nSPS) is 23.4. The number of aromatic nitrogens is 1. The molecular weight excluding hydrogens is 370 g/mol. The number of hydrogen-bond donors (Lipinski definition) is 3. The fourth-order valence-corrected chi connectivity index (χ4v) is 4.58. The van der Waals surface area contributed by atoms with Crippen molar-refractivity contribution in [2.24, 2.45) is 10.9 Å². The van der Waals surface area contributed by atoms with E-state index >= 15 is 0 Å². The predicted molar refractivity (Wildman–Crippen MR) is 116 cm³/mol. The summed E-state index contributed by atoms with van der Waals surface area (Å²) in [7, 11) is 1.80. The van der Waals surface area contributed by atoms with E-state index in [9.17, 15) is 4.79 Å². The van der Waals surface area contributed by atoms with E-state index < -0.39 is 0 Å². The molecular formula is C21H35N5OS. The molecule has 0 aromatic carbocycles. The largest absolute Gasteiger partial charge is 0.356 e. The van der Waals surface area contributed by atoms with Gasteiger partial charge in [-0.2, -0.15) is 0 Å². The molecule has 2 fully saturated rings. The molecule has 2 aliphatic rings. The Balaban J connectivity index is 1.42. The lowest BCUT2D eigenvalue weighted by Gasteiger charge is -2.30. The molecule has 6 nitrogen and oxygen atoms in total. The van der Waals surface area contributed by atoms with Crippen LogP contribution in [0.3, 0.4) is 0 Å². The van der Waals surface area contributed by atoms with Crippen LogP contribution in [-0.2, 0) is 16.6 Å². The van der Waals surface area contributed by atoms with Crippen molar-refractivity contribution in [2.75, 3.05) is 13.6 Å². The number of carbonyl (C=O) groups is 1. The lowest BCUT2D eigenvalue weighted by Crippen LogP contribution is -2.47. The van der Waals surface area contributed by atoms with Gasteiger partial charge in [-0.05, 0) is 32.1 Å². The number of guanidine groups is 1. The van der Waals surface area contributed by atoms with Gasteiger partial charge in [0.25, 0.3) is 0 Å². The third-order valence-electron chi connectivity index (χ3n) is 5.48. The van der Waals surface area contributed by atoms with Crippen LogP contribution in [0.1, 0.15) is 70.0 Å². The highest BCUT2D eigenvalue weighted by Gasteiger charge is 2.31. The Morgan fingerprint density at radius 2 is 2.00 bits per heavy atom. The van der Waals surface area contributed by atoms with Crippen molar-refractivity contribution >= 4 is 23.2 Å². The standard InChI is InChI=1S/C21H35N5OS/c1-21(2,3)17-13-28-18(26-17)10-11-23-20(22-4)25-16-7-5-6-14(12-16)19(27)24-15-8-9-15/h13-16H,5-12H2,1-4H3,(H,24,27)(H2,22,23,25). The summed E-state index contributed by atoms with van der Waals surface area (Å²) in [5.74, 6) is 1.20. The van der Waals surface area contributed by atoms with Crippen molar-refractivity contribution in [3.63, 3.8) is 0 Å². The van der Waals surface area contributed by atoms with Crippen LogP contribution < -0.4 is 16.0 Å². The summed E-state index contributed by atoms with van der Waals surface area (Å²) >= 11 is 1.73. The van der Waals surface area contributed by atoms with Gasteiger partial charge in [0.2, 0.25) is 5.91 Å². The molecule has 28 heavy (non-hydrogen) atoms. The fraction of sp³-hybridized carbons (Fsp3) is 0.762. The SMILES string of the molecule is CN=C(NCCc1nc(C(C)(C)C)cs1)NC1CCCC(C(=O)NC2CC2)C1. The summed E-state index contributed by atoms with van der Waals surface area (Å²) in [6.45, 7) is 7.38. The molecule has 0 aliphatic heterocycles. The van der Waals surface area contributed by atoms with Gasteiger partial charge < -0.3 is 16.0 Å². The lowest BCUT2D eigenvalue weighted by atomic mass is 9.85. The van der Waals surface area contributed by atoms with Gasteiger partial charge in [-0.25, -0.2) is 4.98 Å². The number of thiazole rings is 1. The van der Waals surface area contributed by atoms with Gasteiger partial charge in [0.05, 0.1) is 10.7 Å². The monoisotopic (exact) mass is 405 g/mol. The number of carbonyl (C=O) groups excluding carboxylic acids is 1. The quantitative estimate of drug-likeness (QED) is 0.502. The third-order valence-corrected chi connectivity index (χ3v) is 6.39.